The summed E-state index contributed by atoms with van der Waals surface area (Å²) in [6, 6.07) is 37.4. The van der Waals surface area contributed by atoms with Gasteiger partial charge < -0.3 is 41.0 Å². The van der Waals surface area contributed by atoms with E-state index in [1.165, 1.54) is 12.4 Å². The third-order valence-electron chi connectivity index (χ3n) is 11.8. The van der Waals surface area contributed by atoms with Crippen molar-refractivity contribution in [2.24, 2.45) is 10.8 Å². The van der Waals surface area contributed by atoms with Crippen LogP contribution in [-0.4, -0.2) is 78.9 Å². The lowest BCUT2D eigenvalue weighted by molar-refractivity contribution is -0.126. The minimum atomic E-state index is -1.46. The van der Waals surface area contributed by atoms with Gasteiger partial charge >= 0.3 is 12.2 Å². The number of alkyl carbamates (subject to hydrolysis) is 2. The first-order valence-corrected chi connectivity index (χ1v) is 24.6. The molecule has 0 radical (unpaired) electrons. The van der Waals surface area contributed by atoms with Crippen LogP contribution in [0.25, 0.3) is 22.3 Å². The summed E-state index contributed by atoms with van der Waals surface area (Å²) in [6.45, 7) is 16.0. The fourth-order valence-corrected chi connectivity index (χ4v) is 7.99. The molecule has 0 aliphatic rings. The second-order valence-corrected chi connectivity index (χ2v) is 19.9. The van der Waals surface area contributed by atoms with Gasteiger partial charge in [0.15, 0.2) is 12.2 Å². The van der Waals surface area contributed by atoms with Crippen molar-refractivity contribution in [3.05, 3.63) is 145 Å². The van der Waals surface area contributed by atoms with Gasteiger partial charge in [-0.05, 0) is 58.4 Å². The number of aliphatic hydroxyl groups is 2. The maximum absolute atomic E-state index is 13.1. The number of nitrogens with one attached hydrogen (secondary N) is 6. The largest absolute Gasteiger partial charge is 0.441 e. The molecule has 0 saturated heterocycles. The zero-order chi connectivity index (χ0) is 52.3. The van der Waals surface area contributed by atoms with Gasteiger partial charge in [-0.2, -0.15) is 10.2 Å². The van der Waals surface area contributed by atoms with Crippen molar-refractivity contribution in [2.75, 3.05) is 10.6 Å². The standard InChI is InChI=1S/2C28H36N4O4/c2*1-5-6-15-22(24(33)26(34)31-23-16-17-29-32-23)30-27(35)36-25(28(2,3)4)21-14-10-13-20(18-21)19-11-8-7-9-12-19/h2*7-14,16-18,22,24-25,33H,5-6,15H2,1-4H3,(H,30,35)(H2,29,31,32,34)/t22-,24+,25+;22-,24-,25+/m00/s1. The number of anilines is 2. The Labute approximate surface area is 423 Å². The molecule has 0 aliphatic heterocycles. The van der Waals surface area contributed by atoms with Gasteiger partial charge in [-0.25, -0.2) is 9.59 Å². The number of carbonyl (C=O) groups is 4. The molecule has 0 fully saturated rings. The van der Waals surface area contributed by atoms with E-state index in [0.717, 1.165) is 59.1 Å². The average Bonchev–Trinajstić information content (AvgIpc) is 4.10. The molecular weight excluding hydrogens is 913 g/mol. The lowest BCUT2D eigenvalue weighted by atomic mass is 9.83. The molecule has 0 saturated carbocycles. The van der Waals surface area contributed by atoms with Crippen LogP contribution in [0.4, 0.5) is 21.2 Å². The van der Waals surface area contributed by atoms with Gasteiger partial charge in [-0.3, -0.25) is 19.8 Å². The van der Waals surface area contributed by atoms with E-state index in [9.17, 15) is 29.4 Å². The summed E-state index contributed by atoms with van der Waals surface area (Å²) in [6.07, 6.45) is 1.58. The normalized spacial score (nSPS) is 13.9. The molecule has 8 N–H and O–H groups in total. The molecular formula is C56H72N8O8. The maximum Gasteiger partial charge on any atom is 0.408 e. The van der Waals surface area contributed by atoms with E-state index in [-0.39, 0.29) is 0 Å². The van der Waals surface area contributed by atoms with E-state index in [1.54, 1.807) is 12.1 Å². The van der Waals surface area contributed by atoms with Crippen LogP contribution in [0.15, 0.2) is 134 Å². The number of carbonyl (C=O) groups excluding carboxylic acids is 4. The van der Waals surface area contributed by atoms with Gasteiger partial charge in [-0.15, -0.1) is 0 Å². The Balaban J connectivity index is 0.000000267. The summed E-state index contributed by atoms with van der Waals surface area (Å²) in [5.74, 6) is -0.545. The quantitative estimate of drug-likeness (QED) is 0.0360. The summed E-state index contributed by atoms with van der Waals surface area (Å²) in [5, 5.41) is 44.8. The van der Waals surface area contributed by atoms with Crippen LogP contribution in [0.3, 0.4) is 0 Å². The van der Waals surface area contributed by atoms with Crippen molar-refractivity contribution >= 4 is 35.6 Å². The van der Waals surface area contributed by atoms with E-state index in [2.05, 4.69) is 41.7 Å². The number of amides is 4. The number of unbranched alkanes of at least 4 members (excludes halogenated alkanes) is 2. The summed E-state index contributed by atoms with van der Waals surface area (Å²) < 4.78 is 11.9. The number of aliphatic hydroxyl groups excluding tert-OH is 2. The van der Waals surface area contributed by atoms with Gasteiger partial charge in [0.25, 0.3) is 11.8 Å². The first-order chi connectivity index (χ1) is 34.4. The van der Waals surface area contributed by atoms with Gasteiger partial charge in [0.1, 0.15) is 23.8 Å². The van der Waals surface area contributed by atoms with Crippen molar-refractivity contribution in [1.29, 1.82) is 0 Å². The van der Waals surface area contributed by atoms with E-state index in [0.29, 0.717) is 24.5 Å². The zero-order valence-corrected chi connectivity index (χ0v) is 42.6. The van der Waals surface area contributed by atoms with E-state index in [4.69, 9.17) is 9.47 Å². The number of hydrogen-bond donors (Lipinski definition) is 8. The molecule has 16 heteroatoms. The Kier molecular flexibility index (Phi) is 20.7. The number of aromatic amines is 2. The molecule has 2 heterocycles. The predicted molar refractivity (Wildman–Crippen MR) is 280 cm³/mol. The molecule has 16 nitrogen and oxygen atoms in total. The van der Waals surface area contributed by atoms with Gasteiger partial charge in [0.2, 0.25) is 0 Å². The van der Waals surface area contributed by atoms with Gasteiger partial charge in [-0.1, -0.05) is 178 Å². The molecule has 0 unspecified atom stereocenters. The Bertz CT molecular complexity index is 2400. The monoisotopic (exact) mass is 985 g/mol. The zero-order valence-electron chi connectivity index (χ0n) is 42.6. The molecule has 6 aromatic rings. The molecule has 4 amide bonds. The summed E-state index contributed by atoms with van der Waals surface area (Å²) in [5.41, 5.74) is 5.12. The minimum Gasteiger partial charge on any atom is -0.441 e. The molecule has 0 aliphatic carbocycles. The van der Waals surface area contributed by atoms with Crippen LogP contribution in [0.1, 0.15) is 117 Å². The molecule has 6 rings (SSSR count). The van der Waals surface area contributed by atoms with Crippen molar-refractivity contribution < 1.29 is 38.9 Å². The second kappa shape index (κ2) is 26.8. The van der Waals surface area contributed by atoms with Crippen molar-refractivity contribution in [3.8, 4) is 22.3 Å². The van der Waals surface area contributed by atoms with Crippen LogP contribution in [0.5, 0.6) is 0 Å². The number of hydrogen-bond acceptors (Lipinski definition) is 10. The topological polar surface area (TPSA) is 233 Å². The van der Waals surface area contributed by atoms with Crippen molar-refractivity contribution in [3.63, 3.8) is 0 Å². The molecule has 0 spiro atoms. The van der Waals surface area contributed by atoms with Gasteiger partial charge in [0.05, 0.1) is 24.5 Å². The smallest absolute Gasteiger partial charge is 0.408 e. The van der Waals surface area contributed by atoms with E-state index in [1.807, 2.05) is 165 Å². The summed E-state index contributed by atoms with van der Waals surface area (Å²) >= 11 is 0. The first-order valence-electron chi connectivity index (χ1n) is 24.6. The predicted octanol–water partition coefficient (Wildman–Crippen LogP) is 10.9. The number of benzene rings is 4. The van der Waals surface area contributed by atoms with Crippen molar-refractivity contribution in [2.45, 2.75) is 130 Å². The lowest BCUT2D eigenvalue weighted by Crippen LogP contribution is -2.49. The van der Waals surface area contributed by atoms with Crippen LogP contribution in [-0.2, 0) is 19.1 Å². The third-order valence-corrected chi connectivity index (χ3v) is 11.8. The fourth-order valence-electron chi connectivity index (χ4n) is 7.99. The van der Waals surface area contributed by atoms with Gasteiger partial charge in [0, 0.05) is 23.0 Å². The Morgan fingerprint density at radius 2 is 0.889 bits per heavy atom. The highest BCUT2D eigenvalue weighted by Crippen LogP contribution is 2.39. The number of aromatic nitrogens is 4. The highest BCUT2D eigenvalue weighted by Gasteiger charge is 2.35. The van der Waals surface area contributed by atoms with Crippen LogP contribution in [0, 0.1) is 10.8 Å². The highest BCUT2D eigenvalue weighted by atomic mass is 16.6. The highest BCUT2D eigenvalue weighted by molar-refractivity contribution is 5.94. The number of rotatable bonds is 20. The van der Waals surface area contributed by atoms with E-state index >= 15 is 0 Å². The molecule has 0 bridgehead atoms. The second-order valence-electron chi connectivity index (χ2n) is 19.9. The SMILES string of the molecule is CCCC[C@H](NC(=O)O[C@H](c1cccc(-c2ccccc2)c1)C(C)(C)C)[C@@H](O)C(=O)Nc1ccn[nH]1.CCCC[C@H](NC(=O)O[C@H](c1cccc(-c2ccccc2)c1)C(C)(C)C)[C@H](O)C(=O)Nc1ccn[nH]1. The third kappa shape index (κ3) is 16.9. The maximum atomic E-state index is 13.1. The summed E-state index contributed by atoms with van der Waals surface area (Å²) in [4.78, 5) is 51.2. The number of H-pyrrole nitrogens is 2. The van der Waals surface area contributed by atoms with Crippen molar-refractivity contribution in [1.82, 2.24) is 31.0 Å². The Morgan fingerprint density at radius 1 is 0.528 bits per heavy atom. The lowest BCUT2D eigenvalue weighted by Gasteiger charge is -2.32. The Morgan fingerprint density at radius 3 is 1.21 bits per heavy atom. The molecule has 6 atom stereocenters. The molecule has 2 aromatic heterocycles. The Hall–Kier alpha value is -7.30. The van der Waals surface area contributed by atoms with E-state index < -0.39 is 71.3 Å². The van der Waals surface area contributed by atoms with Crippen LogP contribution in [0.2, 0.25) is 0 Å². The minimum absolute atomic E-state index is 0.363. The fraction of sp³-hybridized carbons (Fsp3) is 0.393. The van der Waals surface area contributed by atoms with Crippen LogP contribution < -0.4 is 21.3 Å². The summed E-state index contributed by atoms with van der Waals surface area (Å²) in [7, 11) is 0. The molecule has 384 valence electrons. The average molecular weight is 985 g/mol. The number of ether oxygens (including phenoxy) is 2. The molecule has 72 heavy (non-hydrogen) atoms. The number of nitrogens with zero attached hydrogens (tertiary/aromatic N) is 2. The first kappa shape index (κ1) is 55.6. The van der Waals surface area contributed by atoms with Crippen LogP contribution >= 0.6 is 0 Å². The molecule has 4 aromatic carbocycles.